The van der Waals surface area contributed by atoms with Gasteiger partial charge in [0.2, 0.25) is 0 Å². The van der Waals surface area contributed by atoms with Crippen LogP contribution in [0, 0.1) is 0 Å². The van der Waals surface area contributed by atoms with E-state index in [0.717, 1.165) is 6.92 Å². The smallest absolute Gasteiger partial charge is 0.550 e. The van der Waals surface area contributed by atoms with Crippen molar-refractivity contribution < 1.29 is 44.7 Å². The van der Waals surface area contributed by atoms with E-state index in [-0.39, 0.29) is 37.7 Å². The van der Waals surface area contributed by atoms with Gasteiger partial charge in [0, 0.05) is 18.4 Å². The topological polar surface area (TPSA) is 175 Å². The van der Waals surface area contributed by atoms with Gasteiger partial charge in [-0.25, -0.2) is 4.79 Å². The molecule has 0 aromatic carbocycles. The Morgan fingerprint density at radius 1 is 1.06 bits per heavy atom. The van der Waals surface area contributed by atoms with Crippen LogP contribution in [0.5, 0.6) is 0 Å². The maximum Gasteiger partial charge on any atom is 2.00 e. The van der Waals surface area contributed by atoms with Gasteiger partial charge in [0.25, 0.3) is 0 Å². The zero-order chi connectivity index (χ0) is 14.2. The fraction of sp³-hybridized carbons (Fsp3) is 0.500. The molecule has 18 heavy (non-hydrogen) atoms. The van der Waals surface area contributed by atoms with E-state index in [0.29, 0.717) is 0 Å². The summed E-state index contributed by atoms with van der Waals surface area (Å²) in [5, 5.41) is 44.4. The SMILES string of the molecule is CC(=O)[O-].O=C([O-])CC(O)(CC(=O)O)C(=O)O.[Ca+2]. The molecular formula is C8H10CaO9. The molecule has 0 saturated carbocycles. The van der Waals surface area contributed by atoms with Crippen LogP contribution in [0.25, 0.3) is 0 Å². The third kappa shape index (κ3) is 13.2. The third-order valence-electron chi connectivity index (χ3n) is 1.28. The van der Waals surface area contributed by atoms with Gasteiger partial charge in [-0.15, -0.1) is 0 Å². The second-order valence-corrected chi connectivity index (χ2v) is 2.95. The van der Waals surface area contributed by atoms with Crippen molar-refractivity contribution in [2.75, 3.05) is 0 Å². The molecule has 0 amide bonds. The van der Waals surface area contributed by atoms with Gasteiger partial charge in [0.15, 0.2) is 5.60 Å². The first-order valence-corrected chi connectivity index (χ1v) is 4.06. The van der Waals surface area contributed by atoms with E-state index in [2.05, 4.69) is 0 Å². The minimum absolute atomic E-state index is 0. The summed E-state index contributed by atoms with van der Waals surface area (Å²) in [4.78, 5) is 39.2. The van der Waals surface area contributed by atoms with E-state index in [1.54, 1.807) is 0 Å². The summed E-state index contributed by atoms with van der Waals surface area (Å²) < 4.78 is 0. The molecule has 9 nitrogen and oxygen atoms in total. The zero-order valence-electron chi connectivity index (χ0n) is 9.41. The van der Waals surface area contributed by atoms with Crippen molar-refractivity contribution in [1.82, 2.24) is 0 Å². The first-order valence-electron chi connectivity index (χ1n) is 4.06. The monoisotopic (exact) mass is 290 g/mol. The quantitative estimate of drug-likeness (QED) is 0.423. The molecule has 1 atom stereocenters. The Morgan fingerprint density at radius 3 is 1.56 bits per heavy atom. The molecule has 1 unspecified atom stereocenters. The van der Waals surface area contributed by atoms with Crippen LogP contribution in [0.3, 0.4) is 0 Å². The molecule has 0 rings (SSSR count). The van der Waals surface area contributed by atoms with Crippen LogP contribution in [-0.2, 0) is 19.2 Å². The van der Waals surface area contributed by atoms with Crippen LogP contribution in [0.4, 0.5) is 0 Å². The Bertz CT molecular complexity index is 305. The molecule has 0 bridgehead atoms. The van der Waals surface area contributed by atoms with Crippen LogP contribution >= 0.6 is 0 Å². The Kier molecular flexibility index (Phi) is 12.5. The maximum absolute atomic E-state index is 10.3. The van der Waals surface area contributed by atoms with Gasteiger partial charge in [-0.3, -0.25) is 4.79 Å². The molecule has 3 N–H and O–H groups in total. The van der Waals surface area contributed by atoms with Gasteiger partial charge in [-0.05, 0) is 6.92 Å². The molecule has 0 aliphatic rings. The number of carboxylic acids is 4. The fourth-order valence-corrected chi connectivity index (χ4v) is 0.703. The number of hydrogen-bond acceptors (Lipinski definition) is 7. The van der Waals surface area contributed by atoms with E-state index in [9.17, 15) is 19.5 Å². The average molecular weight is 290 g/mol. The first-order chi connectivity index (χ1) is 7.51. The largest absolute Gasteiger partial charge is 2.00 e. The predicted octanol–water partition coefficient (Wildman–Crippen LogP) is -4.21. The van der Waals surface area contributed by atoms with Gasteiger partial charge >= 0.3 is 49.7 Å². The molecular weight excluding hydrogens is 280 g/mol. The van der Waals surface area contributed by atoms with Crippen molar-refractivity contribution in [2.45, 2.75) is 25.4 Å². The third-order valence-corrected chi connectivity index (χ3v) is 1.28. The number of aliphatic carboxylic acids is 4. The van der Waals surface area contributed by atoms with E-state index in [1.165, 1.54) is 0 Å². The number of carbonyl (C=O) groups excluding carboxylic acids is 2. The molecule has 0 spiro atoms. The minimum Gasteiger partial charge on any atom is -0.550 e. The molecule has 0 aromatic heterocycles. The number of rotatable bonds is 5. The van der Waals surface area contributed by atoms with Crippen LogP contribution in [0.2, 0.25) is 0 Å². The van der Waals surface area contributed by atoms with Crippen molar-refractivity contribution >= 4 is 61.6 Å². The Labute approximate surface area is 131 Å². The summed E-state index contributed by atoms with van der Waals surface area (Å²) in [5.41, 5.74) is -2.80. The molecule has 0 saturated heterocycles. The van der Waals surface area contributed by atoms with Crippen LogP contribution < -0.4 is 10.2 Å². The van der Waals surface area contributed by atoms with Crippen LogP contribution in [0.1, 0.15) is 19.8 Å². The number of aliphatic hydroxyl groups is 1. The van der Waals surface area contributed by atoms with Crippen molar-refractivity contribution in [3.63, 3.8) is 0 Å². The molecule has 10 heteroatoms. The Balaban J connectivity index is -0.000000392. The molecule has 0 heterocycles. The number of carbonyl (C=O) groups is 4. The summed E-state index contributed by atoms with van der Waals surface area (Å²) >= 11 is 0. The van der Waals surface area contributed by atoms with Gasteiger partial charge in [0.05, 0.1) is 6.42 Å². The molecule has 0 aliphatic carbocycles. The van der Waals surface area contributed by atoms with Crippen LogP contribution in [-0.4, -0.2) is 82.5 Å². The van der Waals surface area contributed by atoms with Gasteiger partial charge in [-0.1, -0.05) is 0 Å². The van der Waals surface area contributed by atoms with Gasteiger partial charge in [0.1, 0.15) is 0 Å². The predicted molar refractivity (Wildman–Crippen MR) is 50.9 cm³/mol. The summed E-state index contributed by atoms with van der Waals surface area (Å²) in [5.74, 6) is -6.42. The average Bonchev–Trinajstić information content (AvgIpc) is 1.98. The minimum atomic E-state index is -2.80. The summed E-state index contributed by atoms with van der Waals surface area (Å²) in [6.45, 7) is 0.972. The van der Waals surface area contributed by atoms with Gasteiger partial charge < -0.3 is 35.1 Å². The summed E-state index contributed by atoms with van der Waals surface area (Å²) in [6.07, 6.45) is -2.44. The molecule has 0 aromatic rings. The normalized spacial score (nSPS) is 11.9. The second-order valence-electron chi connectivity index (χ2n) is 2.95. The van der Waals surface area contributed by atoms with Crippen molar-refractivity contribution in [1.29, 1.82) is 0 Å². The first kappa shape index (κ1) is 22.3. The molecule has 0 fully saturated rings. The Morgan fingerprint density at radius 2 is 1.39 bits per heavy atom. The molecule has 0 radical (unpaired) electrons. The second kappa shape index (κ2) is 10.1. The van der Waals surface area contributed by atoms with E-state index < -0.39 is 42.3 Å². The van der Waals surface area contributed by atoms with E-state index in [4.69, 9.17) is 25.2 Å². The number of hydrogen-bond donors (Lipinski definition) is 3. The van der Waals surface area contributed by atoms with Crippen LogP contribution in [0.15, 0.2) is 0 Å². The summed E-state index contributed by atoms with van der Waals surface area (Å²) in [6, 6.07) is 0. The fourth-order valence-electron chi connectivity index (χ4n) is 0.703. The molecule has 0 aliphatic heterocycles. The van der Waals surface area contributed by atoms with Crippen molar-refractivity contribution in [2.24, 2.45) is 0 Å². The van der Waals surface area contributed by atoms with Crippen molar-refractivity contribution in [3.05, 3.63) is 0 Å². The summed E-state index contributed by atoms with van der Waals surface area (Å²) in [7, 11) is 0. The standard InChI is InChI=1S/C6H8O7.C2H4O2.Ca/c7-3(8)1-6(13,5(11)12)2-4(9)10;1-2(3)4;/h13H,1-2H2,(H,7,8)(H,9,10)(H,11,12);1H3,(H,3,4);/q;;+2/p-2. The van der Waals surface area contributed by atoms with Crippen molar-refractivity contribution in [3.8, 4) is 0 Å². The maximum atomic E-state index is 10.3. The molecule has 98 valence electrons. The van der Waals surface area contributed by atoms with Gasteiger partial charge in [-0.2, -0.15) is 0 Å². The Hall–Kier alpha value is -0.900. The van der Waals surface area contributed by atoms with E-state index >= 15 is 0 Å². The zero-order valence-corrected chi connectivity index (χ0v) is 11.6. The number of carboxylic acid groups (broad SMARTS) is 4. The van der Waals surface area contributed by atoms with E-state index in [1.807, 2.05) is 0 Å².